The normalized spacial score (nSPS) is 9.00. The summed E-state index contributed by atoms with van der Waals surface area (Å²) in [6, 6.07) is 3.29. The molecule has 0 radical (unpaired) electrons. The van der Waals surface area contributed by atoms with Crippen LogP contribution < -0.4 is 11.1 Å². The van der Waals surface area contributed by atoms with Gasteiger partial charge in [-0.15, -0.1) is 17.0 Å². The minimum absolute atomic E-state index is 0. The quantitative estimate of drug-likeness (QED) is 0.384. The van der Waals surface area contributed by atoms with Crippen LogP contribution in [0.15, 0.2) is 18.3 Å². The lowest BCUT2D eigenvalue weighted by Gasteiger charge is -2.03. The number of carbonyl (C=O) groups is 1. The molecule has 5 N–H and O–H groups in total. The summed E-state index contributed by atoms with van der Waals surface area (Å²) in [7, 11) is 0. The molecule has 1 aromatic rings. The molecule has 0 aliphatic carbocycles. The monoisotopic (exact) mass is 304 g/mol. The van der Waals surface area contributed by atoms with Gasteiger partial charge in [-0.1, -0.05) is 12.2 Å². The second kappa shape index (κ2) is 7.13. The van der Waals surface area contributed by atoms with E-state index >= 15 is 0 Å². The zero-order valence-electron chi connectivity index (χ0n) is 8.45. The lowest BCUT2D eigenvalue weighted by molar-refractivity contribution is 0.0954. The molecule has 0 saturated carbocycles. The van der Waals surface area contributed by atoms with Gasteiger partial charge in [0.15, 0.2) is 0 Å². The minimum atomic E-state index is -0.206. The summed E-state index contributed by atoms with van der Waals surface area (Å²) in [5.74, 6) is -0.148. The highest BCUT2D eigenvalue weighted by atomic mass is 79.9. The number of hydrogen-bond acceptors (Lipinski definition) is 3. The molecule has 0 atom stereocenters. The number of aromatic nitrogens is 1. The van der Waals surface area contributed by atoms with Crippen LogP contribution in [0.25, 0.3) is 0 Å². The summed E-state index contributed by atoms with van der Waals surface area (Å²) in [6.45, 7) is 0.365. The molecule has 1 amide bonds. The fraction of sp³-hybridized carbons (Fsp3) is 0.222. The first kappa shape index (κ1) is 14.8. The second-order valence-corrected chi connectivity index (χ2v) is 3.41. The average Bonchev–Trinajstić information content (AvgIpc) is 2.18. The summed E-state index contributed by atoms with van der Waals surface area (Å²) in [6.07, 6.45) is 1.90. The van der Waals surface area contributed by atoms with Crippen molar-refractivity contribution in [2.24, 2.45) is 5.73 Å². The number of amides is 1. The van der Waals surface area contributed by atoms with E-state index in [0.717, 1.165) is 0 Å². The van der Waals surface area contributed by atoms with E-state index in [9.17, 15) is 4.79 Å². The van der Waals surface area contributed by atoms with Crippen molar-refractivity contribution in [3.05, 3.63) is 28.5 Å². The maximum Gasteiger partial charge on any atom is 0.252 e. The Morgan fingerprint density at radius 3 is 2.75 bits per heavy atom. The summed E-state index contributed by atoms with van der Waals surface area (Å²) < 4.78 is 0.579. The molecule has 0 aromatic carbocycles. The molecular weight excluding hydrogens is 292 g/mol. The van der Waals surface area contributed by atoms with Crippen molar-refractivity contribution in [2.45, 2.75) is 6.42 Å². The average molecular weight is 305 g/mol. The summed E-state index contributed by atoms with van der Waals surface area (Å²) in [4.78, 5) is 14.2. The Labute approximate surface area is 109 Å². The molecule has 88 valence electrons. The molecule has 0 bridgehead atoms. The molecule has 0 saturated heterocycles. The van der Waals surface area contributed by atoms with Gasteiger partial charge in [0, 0.05) is 19.2 Å². The number of nitrogens with two attached hydrogens (primary N) is 1. The highest BCUT2D eigenvalue weighted by Crippen LogP contribution is 1.96. The number of H-pyrrole nitrogens is 1. The lowest BCUT2D eigenvalue weighted by atomic mass is 10.2. The zero-order chi connectivity index (χ0) is 11.3. The molecule has 0 aliphatic heterocycles. The Balaban J connectivity index is 0.00000225. The van der Waals surface area contributed by atoms with E-state index in [1.807, 2.05) is 0 Å². The zero-order valence-corrected chi connectivity index (χ0v) is 11.0. The smallest absolute Gasteiger partial charge is 0.252 e. The number of rotatable bonds is 4. The Kier molecular flexibility index (Phi) is 6.59. The molecule has 1 aromatic heterocycles. The van der Waals surface area contributed by atoms with Gasteiger partial charge < -0.3 is 16.0 Å². The number of halogens is 1. The van der Waals surface area contributed by atoms with Crippen molar-refractivity contribution in [1.29, 1.82) is 5.41 Å². The number of pyridine rings is 1. The van der Waals surface area contributed by atoms with Crippen molar-refractivity contribution in [3.63, 3.8) is 0 Å². The number of hydrogen-bond donors (Lipinski definition) is 4. The van der Waals surface area contributed by atoms with E-state index in [1.54, 1.807) is 18.3 Å². The van der Waals surface area contributed by atoms with Crippen LogP contribution in [-0.4, -0.2) is 23.3 Å². The summed E-state index contributed by atoms with van der Waals surface area (Å²) in [5, 5.41) is 9.61. The van der Waals surface area contributed by atoms with E-state index in [0.29, 0.717) is 23.2 Å². The highest BCUT2D eigenvalue weighted by molar-refractivity contribution is 8.93. The maximum absolute atomic E-state index is 11.5. The Morgan fingerprint density at radius 1 is 1.56 bits per heavy atom. The van der Waals surface area contributed by atoms with Crippen molar-refractivity contribution in [1.82, 2.24) is 10.3 Å². The Hall–Kier alpha value is -1.21. The SMILES string of the molecule is Br.N=C(N)CCNC(=O)c1ccc(=S)[nH]c1. The minimum Gasteiger partial charge on any atom is -0.388 e. The predicted molar refractivity (Wildman–Crippen MR) is 70.8 cm³/mol. The molecule has 0 unspecified atom stereocenters. The molecule has 16 heavy (non-hydrogen) atoms. The van der Waals surface area contributed by atoms with Crippen LogP contribution in [0.5, 0.6) is 0 Å². The molecule has 7 heteroatoms. The van der Waals surface area contributed by atoms with Crippen LogP contribution in [0.4, 0.5) is 0 Å². The van der Waals surface area contributed by atoms with Gasteiger partial charge in [-0.25, -0.2) is 0 Å². The van der Waals surface area contributed by atoms with Crippen molar-refractivity contribution in [3.8, 4) is 0 Å². The third-order valence-corrected chi connectivity index (χ3v) is 1.98. The molecule has 5 nitrogen and oxygen atoms in total. The first-order valence-electron chi connectivity index (χ1n) is 4.39. The van der Waals surface area contributed by atoms with Crippen molar-refractivity contribution in [2.75, 3.05) is 6.54 Å². The van der Waals surface area contributed by atoms with Crippen LogP contribution in [0.2, 0.25) is 0 Å². The van der Waals surface area contributed by atoms with Crippen LogP contribution >= 0.6 is 29.2 Å². The number of amidine groups is 1. The molecule has 1 heterocycles. The van der Waals surface area contributed by atoms with Gasteiger partial charge in [0.1, 0.15) is 4.64 Å². The fourth-order valence-electron chi connectivity index (χ4n) is 0.965. The molecule has 0 fully saturated rings. The third-order valence-electron chi connectivity index (χ3n) is 1.73. The Morgan fingerprint density at radius 2 is 2.25 bits per heavy atom. The van der Waals surface area contributed by atoms with Crippen molar-refractivity contribution < 1.29 is 4.79 Å². The number of carbonyl (C=O) groups excluding carboxylic acids is 1. The molecule has 1 rings (SSSR count). The second-order valence-electron chi connectivity index (χ2n) is 2.97. The van der Waals surface area contributed by atoms with Gasteiger partial charge >= 0.3 is 0 Å². The maximum atomic E-state index is 11.5. The predicted octanol–water partition coefficient (Wildman–Crippen LogP) is 1.38. The van der Waals surface area contributed by atoms with Gasteiger partial charge in [-0.05, 0) is 12.1 Å². The molecule has 0 aliphatic rings. The largest absolute Gasteiger partial charge is 0.388 e. The van der Waals surface area contributed by atoms with E-state index in [1.165, 1.54) is 0 Å². The van der Waals surface area contributed by atoms with E-state index < -0.39 is 0 Å². The van der Waals surface area contributed by atoms with Gasteiger partial charge in [0.05, 0.1) is 11.4 Å². The topological polar surface area (TPSA) is 94.8 Å². The van der Waals surface area contributed by atoms with Gasteiger partial charge in [0.2, 0.25) is 0 Å². The van der Waals surface area contributed by atoms with E-state index in [-0.39, 0.29) is 28.7 Å². The van der Waals surface area contributed by atoms with Gasteiger partial charge in [0.25, 0.3) is 5.91 Å². The molecule has 0 spiro atoms. The first-order chi connectivity index (χ1) is 7.09. The number of nitrogens with one attached hydrogen (secondary N) is 3. The van der Waals surface area contributed by atoms with Crippen LogP contribution in [-0.2, 0) is 0 Å². The van der Waals surface area contributed by atoms with E-state index in [2.05, 4.69) is 10.3 Å². The van der Waals surface area contributed by atoms with Crippen LogP contribution in [0, 0.1) is 10.0 Å². The Bertz CT molecular complexity index is 411. The fourth-order valence-corrected chi connectivity index (χ4v) is 1.09. The highest BCUT2D eigenvalue weighted by Gasteiger charge is 2.03. The third kappa shape index (κ3) is 5.04. The van der Waals surface area contributed by atoms with Gasteiger partial charge in [-0.3, -0.25) is 10.2 Å². The lowest BCUT2D eigenvalue weighted by Crippen LogP contribution is -2.27. The van der Waals surface area contributed by atoms with Crippen LogP contribution in [0.1, 0.15) is 16.8 Å². The first-order valence-corrected chi connectivity index (χ1v) is 4.80. The van der Waals surface area contributed by atoms with E-state index in [4.69, 9.17) is 23.4 Å². The number of aromatic amines is 1. The van der Waals surface area contributed by atoms with Gasteiger partial charge in [-0.2, -0.15) is 0 Å². The van der Waals surface area contributed by atoms with Crippen LogP contribution in [0.3, 0.4) is 0 Å². The summed E-state index contributed by atoms with van der Waals surface area (Å²) >= 11 is 4.85. The molecular formula is C9H13BrN4OS. The standard InChI is InChI=1S/C9H12N4OS.BrH/c10-7(11)3-4-12-9(14)6-1-2-8(15)13-5-6;/h1-2,5H,3-4H2,(H3,10,11)(H,12,14)(H,13,15);1H. The van der Waals surface area contributed by atoms with Crippen molar-refractivity contribution >= 4 is 40.9 Å². The summed E-state index contributed by atoms with van der Waals surface area (Å²) in [5.41, 5.74) is 5.66.